The number of hydrogen-bond donors (Lipinski definition) is 2. The van der Waals surface area contributed by atoms with Crippen molar-refractivity contribution in [2.45, 2.75) is 13.3 Å². The van der Waals surface area contributed by atoms with Crippen LogP contribution >= 0.6 is 11.9 Å². The van der Waals surface area contributed by atoms with Crippen molar-refractivity contribution in [3.05, 3.63) is 67.0 Å². The van der Waals surface area contributed by atoms with Crippen LogP contribution in [0.15, 0.2) is 67.0 Å². The quantitative estimate of drug-likeness (QED) is 0.259. The first-order valence-corrected chi connectivity index (χ1v) is 12.7. The van der Waals surface area contributed by atoms with Crippen molar-refractivity contribution < 1.29 is 0 Å². The number of anilines is 2. The summed E-state index contributed by atoms with van der Waals surface area (Å²) in [7, 11) is 2.19. The maximum atomic E-state index is 4.70. The van der Waals surface area contributed by atoms with Crippen molar-refractivity contribution in [3.63, 3.8) is 0 Å². The van der Waals surface area contributed by atoms with Gasteiger partial charge in [-0.2, -0.15) is 0 Å². The third-order valence-electron chi connectivity index (χ3n) is 6.29. The second kappa shape index (κ2) is 9.89. The van der Waals surface area contributed by atoms with Gasteiger partial charge in [0.15, 0.2) is 0 Å². The van der Waals surface area contributed by atoms with E-state index < -0.39 is 0 Å². The summed E-state index contributed by atoms with van der Waals surface area (Å²) in [6.07, 6.45) is 5.19. The van der Waals surface area contributed by atoms with E-state index in [-0.39, 0.29) is 0 Å². The smallest absolute Gasteiger partial charge is 0.137 e. The van der Waals surface area contributed by atoms with E-state index in [0.29, 0.717) is 0 Å². The molecule has 0 atom stereocenters. The van der Waals surface area contributed by atoms with Gasteiger partial charge < -0.3 is 19.5 Å². The molecule has 3 heterocycles. The maximum Gasteiger partial charge on any atom is 0.137 e. The normalized spacial score (nSPS) is 14.7. The summed E-state index contributed by atoms with van der Waals surface area (Å²) in [4.78, 5) is 12.9. The standard InChI is InChI=1S/C27H31N5S/c1-3-16-33-30-23-8-4-21(5-9-23)26-19-29-27-25(26)17-22(18-28-27)20-6-10-24(11-7-20)32-14-12-31(2)13-15-32/h4-11,17-19,30H,3,12-16H2,1-2H3,(H,28,29). The fourth-order valence-corrected chi connectivity index (χ4v) is 4.89. The van der Waals surface area contributed by atoms with Gasteiger partial charge in [0.25, 0.3) is 0 Å². The molecule has 4 aromatic rings. The molecule has 0 spiro atoms. The molecule has 170 valence electrons. The molecule has 0 unspecified atom stereocenters. The highest BCUT2D eigenvalue weighted by atomic mass is 32.2. The Morgan fingerprint density at radius 1 is 0.939 bits per heavy atom. The van der Waals surface area contributed by atoms with E-state index in [1.807, 2.05) is 6.20 Å². The highest BCUT2D eigenvalue weighted by molar-refractivity contribution is 8.00. The summed E-state index contributed by atoms with van der Waals surface area (Å²) in [5, 5.41) is 1.15. The maximum absolute atomic E-state index is 4.70. The molecule has 2 N–H and O–H groups in total. The molecule has 1 saturated heterocycles. The van der Waals surface area contributed by atoms with Gasteiger partial charge in [0.2, 0.25) is 0 Å². The molecule has 2 aromatic heterocycles. The van der Waals surface area contributed by atoms with Crippen molar-refractivity contribution in [1.29, 1.82) is 0 Å². The lowest BCUT2D eigenvalue weighted by Gasteiger charge is -2.34. The Bertz CT molecular complexity index is 1190. The number of hydrogen-bond acceptors (Lipinski definition) is 5. The van der Waals surface area contributed by atoms with E-state index in [1.54, 1.807) is 11.9 Å². The number of aromatic amines is 1. The second-order valence-corrected chi connectivity index (χ2v) is 9.59. The van der Waals surface area contributed by atoms with Gasteiger partial charge in [0.1, 0.15) is 5.65 Å². The van der Waals surface area contributed by atoms with Gasteiger partial charge in [-0.25, -0.2) is 4.98 Å². The first-order chi connectivity index (χ1) is 16.2. The molecule has 0 radical (unpaired) electrons. The van der Waals surface area contributed by atoms with Crippen LogP contribution in [0.3, 0.4) is 0 Å². The number of fused-ring (bicyclic) bond motifs is 1. The predicted molar refractivity (Wildman–Crippen MR) is 143 cm³/mol. The van der Waals surface area contributed by atoms with Crippen LogP contribution in [-0.4, -0.2) is 53.8 Å². The predicted octanol–water partition coefficient (Wildman–Crippen LogP) is 6.12. The lowest BCUT2D eigenvalue weighted by atomic mass is 10.0. The molecule has 6 heteroatoms. The zero-order valence-corrected chi connectivity index (χ0v) is 20.2. The minimum atomic E-state index is 0.920. The SMILES string of the molecule is CCCSNc1ccc(-c2c[nH]c3ncc(-c4ccc(N5CCN(C)CC5)cc4)cc23)cc1. The lowest BCUT2D eigenvalue weighted by molar-refractivity contribution is 0.313. The molecule has 0 bridgehead atoms. The van der Waals surface area contributed by atoms with Crippen LogP contribution in [0.2, 0.25) is 0 Å². The third kappa shape index (κ3) is 4.87. The molecule has 1 fully saturated rings. The Morgan fingerprint density at radius 2 is 1.67 bits per heavy atom. The fraction of sp³-hybridized carbons (Fsp3) is 0.296. The topological polar surface area (TPSA) is 47.2 Å². The van der Waals surface area contributed by atoms with Crippen LogP contribution in [0, 0.1) is 0 Å². The molecule has 5 rings (SSSR count). The van der Waals surface area contributed by atoms with E-state index in [4.69, 9.17) is 4.98 Å². The summed E-state index contributed by atoms with van der Waals surface area (Å²) >= 11 is 1.75. The number of aromatic nitrogens is 2. The zero-order valence-electron chi connectivity index (χ0n) is 19.3. The minimum absolute atomic E-state index is 0.920. The highest BCUT2D eigenvalue weighted by Gasteiger charge is 2.14. The van der Waals surface area contributed by atoms with Crippen LogP contribution in [0.5, 0.6) is 0 Å². The Balaban J connectivity index is 1.37. The Morgan fingerprint density at radius 3 is 2.39 bits per heavy atom. The van der Waals surface area contributed by atoms with E-state index in [9.17, 15) is 0 Å². The van der Waals surface area contributed by atoms with Crippen molar-refractivity contribution in [1.82, 2.24) is 14.9 Å². The summed E-state index contributed by atoms with van der Waals surface area (Å²) in [5.74, 6) is 1.11. The molecule has 0 saturated carbocycles. The summed E-state index contributed by atoms with van der Waals surface area (Å²) < 4.78 is 3.41. The van der Waals surface area contributed by atoms with E-state index in [0.717, 1.165) is 54.2 Å². The van der Waals surface area contributed by atoms with Gasteiger partial charge in [-0.3, -0.25) is 0 Å². The molecule has 1 aliphatic heterocycles. The second-order valence-electron chi connectivity index (χ2n) is 8.69. The summed E-state index contributed by atoms with van der Waals surface area (Å²) in [6.45, 7) is 6.60. The Hall–Kier alpha value is -2.96. The van der Waals surface area contributed by atoms with Crippen molar-refractivity contribution in [2.75, 3.05) is 48.6 Å². The number of rotatable bonds is 7. The van der Waals surface area contributed by atoms with Gasteiger partial charge >= 0.3 is 0 Å². The fourth-order valence-electron chi connectivity index (χ4n) is 4.28. The van der Waals surface area contributed by atoms with Gasteiger partial charge in [-0.05, 0) is 54.9 Å². The van der Waals surface area contributed by atoms with Crippen molar-refractivity contribution in [3.8, 4) is 22.3 Å². The van der Waals surface area contributed by atoms with Crippen LogP contribution in [0.25, 0.3) is 33.3 Å². The number of pyridine rings is 1. The number of likely N-dealkylation sites (N-methyl/N-ethyl adjacent to an activating group) is 1. The van der Waals surface area contributed by atoms with Gasteiger partial charge in [0, 0.05) is 72.2 Å². The monoisotopic (exact) mass is 457 g/mol. The van der Waals surface area contributed by atoms with E-state index in [2.05, 4.69) is 94.3 Å². The largest absolute Gasteiger partial charge is 0.369 e. The average Bonchev–Trinajstić information content (AvgIpc) is 3.29. The summed E-state index contributed by atoms with van der Waals surface area (Å²) in [6, 6.07) is 19.8. The van der Waals surface area contributed by atoms with Crippen molar-refractivity contribution >= 4 is 34.4 Å². The van der Waals surface area contributed by atoms with Crippen molar-refractivity contribution in [2.24, 2.45) is 0 Å². The average molecular weight is 458 g/mol. The number of H-pyrrole nitrogens is 1. The minimum Gasteiger partial charge on any atom is -0.369 e. The molecule has 33 heavy (non-hydrogen) atoms. The Labute approximate surface area is 200 Å². The molecule has 0 amide bonds. The highest BCUT2D eigenvalue weighted by Crippen LogP contribution is 2.32. The number of nitrogens with one attached hydrogen (secondary N) is 2. The molecule has 1 aliphatic rings. The Kier molecular flexibility index (Phi) is 6.55. The first-order valence-electron chi connectivity index (χ1n) is 11.7. The summed E-state index contributed by atoms with van der Waals surface area (Å²) in [5.41, 5.74) is 8.07. The molecule has 0 aliphatic carbocycles. The van der Waals surface area contributed by atoms with Crippen LogP contribution < -0.4 is 9.62 Å². The van der Waals surface area contributed by atoms with E-state index in [1.165, 1.54) is 28.8 Å². The van der Waals surface area contributed by atoms with Crippen LogP contribution in [0.4, 0.5) is 11.4 Å². The zero-order chi connectivity index (χ0) is 22.6. The molecule has 5 nitrogen and oxygen atoms in total. The van der Waals surface area contributed by atoms with E-state index >= 15 is 0 Å². The van der Waals surface area contributed by atoms with Gasteiger partial charge in [-0.1, -0.05) is 43.1 Å². The van der Waals surface area contributed by atoms with Gasteiger partial charge in [0.05, 0.1) is 0 Å². The number of benzene rings is 2. The molecular weight excluding hydrogens is 426 g/mol. The van der Waals surface area contributed by atoms with Gasteiger partial charge in [-0.15, -0.1) is 0 Å². The first kappa shape index (κ1) is 21.9. The molecule has 2 aromatic carbocycles. The lowest BCUT2D eigenvalue weighted by Crippen LogP contribution is -2.44. The van der Waals surface area contributed by atoms with Crippen LogP contribution in [0.1, 0.15) is 13.3 Å². The third-order valence-corrected chi connectivity index (χ3v) is 7.28. The molecular formula is C27H31N5S. The number of nitrogens with zero attached hydrogens (tertiary/aromatic N) is 3. The van der Waals surface area contributed by atoms with Crippen LogP contribution in [-0.2, 0) is 0 Å². The number of piperazine rings is 1.